The molecular weight excluding hydrogens is 290 g/mol. The highest BCUT2D eigenvalue weighted by atomic mass is 32.1. The van der Waals surface area contributed by atoms with Gasteiger partial charge in [0, 0.05) is 18.1 Å². The summed E-state index contributed by atoms with van der Waals surface area (Å²) in [6.07, 6.45) is 5.63. The molecule has 6 nitrogen and oxygen atoms in total. The van der Waals surface area contributed by atoms with Gasteiger partial charge in [0.05, 0.1) is 6.04 Å². The molecule has 1 aromatic heterocycles. The summed E-state index contributed by atoms with van der Waals surface area (Å²) in [5.74, 6) is -0.922. The maximum Gasteiger partial charge on any atom is 0.326 e. The monoisotopic (exact) mass is 311 g/mol. The van der Waals surface area contributed by atoms with E-state index in [0.717, 1.165) is 30.7 Å². The third-order valence-corrected chi connectivity index (χ3v) is 4.64. The number of amides is 2. The predicted molar refractivity (Wildman–Crippen MR) is 80.3 cm³/mol. The van der Waals surface area contributed by atoms with E-state index >= 15 is 0 Å². The Labute approximate surface area is 128 Å². The first-order valence-electron chi connectivity index (χ1n) is 7.32. The van der Waals surface area contributed by atoms with Gasteiger partial charge in [0.15, 0.2) is 0 Å². The fraction of sp³-hybridized carbons (Fsp3) is 0.643. The van der Waals surface area contributed by atoms with E-state index < -0.39 is 12.0 Å². The molecule has 116 valence electrons. The molecule has 1 aliphatic heterocycles. The van der Waals surface area contributed by atoms with Crippen molar-refractivity contribution in [2.24, 2.45) is 0 Å². The van der Waals surface area contributed by atoms with E-state index in [4.69, 9.17) is 0 Å². The molecule has 1 aliphatic rings. The SMILES string of the molecule is CCC(NC(=O)N1CCCCCC1C(=O)O)c1nccs1. The van der Waals surface area contributed by atoms with Crippen molar-refractivity contribution in [3.63, 3.8) is 0 Å². The van der Waals surface area contributed by atoms with Gasteiger partial charge >= 0.3 is 12.0 Å². The average molecular weight is 311 g/mol. The van der Waals surface area contributed by atoms with Crippen molar-refractivity contribution < 1.29 is 14.7 Å². The van der Waals surface area contributed by atoms with Gasteiger partial charge in [0.25, 0.3) is 0 Å². The number of urea groups is 1. The Morgan fingerprint density at radius 2 is 2.33 bits per heavy atom. The average Bonchev–Trinajstić information content (AvgIpc) is 2.87. The normalized spacial score (nSPS) is 20.6. The van der Waals surface area contributed by atoms with Gasteiger partial charge in [-0.1, -0.05) is 19.8 Å². The number of nitrogens with one attached hydrogen (secondary N) is 1. The second kappa shape index (κ2) is 7.40. The number of thiazole rings is 1. The molecular formula is C14H21N3O3S. The van der Waals surface area contributed by atoms with Gasteiger partial charge in [-0.15, -0.1) is 11.3 Å². The van der Waals surface area contributed by atoms with Gasteiger partial charge < -0.3 is 15.3 Å². The molecule has 7 heteroatoms. The van der Waals surface area contributed by atoms with E-state index in [-0.39, 0.29) is 12.1 Å². The van der Waals surface area contributed by atoms with Crippen molar-refractivity contribution in [2.45, 2.75) is 51.1 Å². The first-order valence-corrected chi connectivity index (χ1v) is 8.20. The third kappa shape index (κ3) is 3.93. The highest BCUT2D eigenvalue weighted by molar-refractivity contribution is 7.09. The molecule has 2 amide bonds. The van der Waals surface area contributed by atoms with Gasteiger partial charge in [-0.2, -0.15) is 0 Å². The van der Waals surface area contributed by atoms with E-state index in [2.05, 4.69) is 10.3 Å². The number of hydrogen-bond donors (Lipinski definition) is 2. The van der Waals surface area contributed by atoms with E-state index in [1.54, 1.807) is 6.20 Å². The summed E-state index contributed by atoms with van der Waals surface area (Å²) in [5, 5.41) is 15.0. The Kier molecular flexibility index (Phi) is 5.55. The van der Waals surface area contributed by atoms with Crippen LogP contribution in [0.5, 0.6) is 0 Å². The zero-order valence-corrected chi connectivity index (χ0v) is 12.9. The quantitative estimate of drug-likeness (QED) is 0.895. The van der Waals surface area contributed by atoms with Crippen LogP contribution in [0.15, 0.2) is 11.6 Å². The first kappa shape index (κ1) is 15.8. The van der Waals surface area contributed by atoms with Crippen LogP contribution in [0.25, 0.3) is 0 Å². The Morgan fingerprint density at radius 3 is 2.95 bits per heavy atom. The van der Waals surface area contributed by atoms with Crippen LogP contribution in [0.2, 0.25) is 0 Å². The second-order valence-electron chi connectivity index (χ2n) is 5.18. The van der Waals surface area contributed by atoms with Crippen LogP contribution in [-0.2, 0) is 4.79 Å². The molecule has 0 aromatic carbocycles. The maximum atomic E-state index is 12.5. The Balaban J connectivity index is 2.07. The smallest absolute Gasteiger partial charge is 0.326 e. The summed E-state index contributed by atoms with van der Waals surface area (Å²) in [7, 11) is 0. The molecule has 2 rings (SSSR count). The molecule has 0 saturated carbocycles. The number of rotatable bonds is 4. The van der Waals surface area contributed by atoms with Crippen LogP contribution in [0.4, 0.5) is 4.79 Å². The highest BCUT2D eigenvalue weighted by Gasteiger charge is 2.31. The summed E-state index contributed by atoms with van der Waals surface area (Å²) in [4.78, 5) is 29.5. The molecule has 0 bridgehead atoms. The molecule has 0 radical (unpaired) electrons. The molecule has 0 aliphatic carbocycles. The standard InChI is InChI=1S/C14H21N3O3S/c1-2-10(12-15-7-9-21-12)16-14(20)17-8-5-3-4-6-11(17)13(18)19/h7,9-11H,2-6,8H2,1H3,(H,16,20)(H,18,19). The van der Waals surface area contributed by atoms with Crippen LogP contribution in [0.1, 0.15) is 50.1 Å². The number of carboxylic acids is 1. The fourth-order valence-corrected chi connectivity index (χ4v) is 3.36. The molecule has 1 aromatic rings. The molecule has 2 atom stereocenters. The van der Waals surface area contributed by atoms with E-state index in [1.165, 1.54) is 16.2 Å². The van der Waals surface area contributed by atoms with E-state index in [1.807, 2.05) is 12.3 Å². The minimum atomic E-state index is -0.922. The summed E-state index contributed by atoms with van der Waals surface area (Å²) >= 11 is 1.49. The van der Waals surface area contributed by atoms with Crippen molar-refractivity contribution in [3.8, 4) is 0 Å². The third-order valence-electron chi connectivity index (χ3n) is 3.75. The first-order chi connectivity index (χ1) is 10.1. The van der Waals surface area contributed by atoms with Gasteiger partial charge in [-0.25, -0.2) is 14.6 Å². The molecule has 0 spiro atoms. The van der Waals surface area contributed by atoms with Crippen molar-refractivity contribution in [3.05, 3.63) is 16.6 Å². The number of aromatic nitrogens is 1. The number of carbonyl (C=O) groups excluding carboxylic acids is 1. The molecule has 2 heterocycles. The summed E-state index contributed by atoms with van der Waals surface area (Å²) < 4.78 is 0. The van der Waals surface area contributed by atoms with Crippen molar-refractivity contribution in [1.82, 2.24) is 15.2 Å². The fourth-order valence-electron chi connectivity index (χ4n) is 2.59. The lowest BCUT2D eigenvalue weighted by molar-refractivity contribution is -0.142. The Morgan fingerprint density at radius 1 is 1.52 bits per heavy atom. The van der Waals surface area contributed by atoms with Crippen LogP contribution >= 0.6 is 11.3 Å². The minimum Gasteiger partial charge on any atom is -0.480 e. The van der Waals surface area contributed by atoms with Crippen molar-refractivity contribution in [1.29, 1.82) is 0 Å². The minimum absolute atomic E-state index is 0.157. The predicted octanol–water partition coefficient (Wildman–Crippen LogP) is 2.63. The highest BCUT2D eigenvalue weighted by Crippen LogP contribution is 2.21. The number of aliphatic carboxylic acids is 1. The Hall–Kier alpha value is -1.63. The van der Waals surface area contributed by atoms with Crippen LogP contribution < -0.4 is 5.32 Å². The number of hydrogen-bond acceptors (Lipinski definition) is 4. The summed E-state index contributed by atoms with van der Waals surface area (Å²) in [6, 6.07) is -1.18. The lowest BCUT2D eigenvalue weighted by atomic mass is 10.1. The van der Waals surface area contributed by atoms with Gasteiger partial charge in [-0.05, 0) is 19.3 Å². The number of carboxylic acid groups (broad SMARTS) is 1. The summed E-state index contributed by atoms with van der Waals surface area (Å²) in [5.41, 5.74) is 0. The number of nitrogens with zero attached hydrogens (tertiary/aromatic N) is 2. The van der Waals surface area contributed by atoms with Gasteiger partial charge in [-0.3, -0.25) is 0 Å². The van der Waals surface area contributed by atoms with Gasteiger partial charge in [0.1, 0.15) is 11.0 Å². The summed E-state index contributed by atoms with van der Waals surface area (Å²) in [6.45, 7) is 2.47. The zero-order chi connectivity index (χ0) is 15.2. The molecule has 1 saturated heterocycles. The van der Waals surface area contributed by atoms with Crippen LogP contribution in [0.3, 0.4) is 0 Å². The van der Waals surface area contributed by atoms with Crippen LogP contribution in [-0.4, -0.2) is 39.6 Å². The molecule has 1 fully saturated rings. The molecule has 2 N–H and O–H groups in total. The van der Waals surface area contributed by atoms with E-state index in [9.17, 15) is 14.7 Å². The second-order valence-corrected chi connectivity index (χ2v) is 6.10. The molecule has 2 unspecified atom stereocenters. The van der Waals surface area contributed by atoms with Crippen molar-refractivity contribution >= 4 is 23.3 Å². The lowest BCUT2D eigenvalue weighted by Gasteiger charge is -2.28. The molecule has 21 heavy (non-hydrogen) atoms. The zero-order valence-electron chi connectivity index (χ0n) is 12.1. The van der Waals surface area contributed by atoms with Crippen LogP contribution in [0, 0.1) is 0 Å². The van der Waals surface area contributed by atoms with E-state index in [0.29, 0.717) is 13.0 Å². The number of carbonyl (C=O) groups is 2. The van der Waals surface area contributed by atoms with Gasteiger partial charge in [0.2, 0.25) is 0 Å². The largest absolute Gasteiger partial charge is 0.480 e. The lowest BCUT2D eigenvalue weighted by Crippen LogP contribution is -2.50. The number of likely N-dealkylation sites (tertiary alicyclic amines) is 1. The Bertz CT molecular complexity index is 478. The topological polar surface area (TPSA) is 82.5 Å². The maximum absolute atomic E-state index is 12.5. The van der Waals surface area contributed by atoms with Crippen molar-refractivity contribution in [2.75, 3.05) is 6.54 Å².